The summed E-state index contributed by atoms with van der Waals surface area (Å²) in [6, 6.07) is 7.47. The molecule has 0 aliphatic carbocycles. The van der Waals surface area contributed by atoms with Crippen molar-refractivity contribution >= 4 is 6.29 Å². The van der Waals surface area contributed by atoms with Gasteiger partial charge in [-0.3, -0.25) is 4.79 Å². The zero-order valence-electron chi connectivity index (χ0n) is 21.3. The van der Waals surface area contributed by atoms with Crippen LogP contribution in [0.1, 0.15) is 152 Å². The molecule has 0 aliphatic heterocycles. The fourth-order valence-corrected chi connectivity index (χ4v) is 4.43. The Hall–Kier alpha value is -1.31. The fraction of sp³-hybridized carbons (Fsp3) is 0.767. The molecule has 0 N–H and O–H groups in total. The Kier molecular flexibility index (Phi) is 20.5. The maximum absolute atomic E-state index is 11.0. The summed E-state index contributed by atoms with van der Waals surface area (Å²) in [5.74, 6) is 0.718. The van der Waals surface area contributed by atoms with Gasteiger partial charge < -0.3 is 4.74 Å². The third-order valence-electron chi connectivity index (χ3n) is 6.55. The Labute approximate surface area is 199 Å². The average Bonchev–Trinajstić information content (AvgIpc) is 2.82. The highest BCUT2D eigenvalue weighted by molar-refractivity contribution is 5.79. The summed E-state index contributed by atoms with van der Waals surface area (Å²) in [6.45, 7) is 3.01. The Bertz CT molecular complexity index is 525. The SMILES string of the molecule is CCCCCCCCCCCCCCCCCCCCCCCOc1ccccc1C=O. The molecule has 32 heavy (non-hydrogen) atoms. The number of aldehydes is 1. The van der Waals surface area contributed by atoms with E-state index in [9.17, 15) is 4.79 Å². The van der Waals surface area contributed by atoms with Crippen LogP contribution in [0.15, 0.2) is 24.3 Å². The van der Waals surface area contributed by atoms with E-state index in [2.05, 4.69) is 6.92 Å². The maximum atomic E-state index is 11.0. The van der Waals surface area contributed by atoms with E-state index in [4.69, 9.17) is 4.74 Å². The van der Waals surface area contributed by atoms with E-state index < -0.39 is 0 Å². The van der Waals surface area contributed by atoms with Gasteiger partial charge in [0, 0.05) is 0 Å². The van der Waals surface area contributed by atoms with Gasteiger partial charge >= 0.3 is 0 Å². The molecule has 0 aromatic heterocycles. The van der Waals surface area contributed by atoms with Crippen LogP contribution in [0.2, 0.25) is 0 Å². The molecule has 0 amide bonds. The summed E-state index contributed by atoms with van der Waals surface area (Å²) in [5, 5.41) is 0. The predicted octanol–water partition coefficient (Wildman–Crippen LogP) is 10.1. The van der Waals surface area contributed by atoms with Gasteiger partial charge in [0.25, 0.3) is 0 Å². The van der Waals surface area contributed by atoms with Gasteiger partial charge in [-0.1, -0.05) is 147 Å². The second-order valence-corrected chi connectivity index (χ2v) is 9.58. The molecule has 184 valence electrons. The minimum absolute atomic E-state index is 0.649. The van der Waals surface area contributed by atoms with Crippen LogP contribution in [0.5, 0.6) is 5.75 Å². The van der Waals surface area contributed by atoms with Crippen molar-refractivity contribution in [3.05, 3.63) is 29.8 Å². The molecule has 0 radical (unpaired) electrons. The maximum Gasteiger partial charge on any atom is 0.153 e. The first kappa shape index (κ1) is 28.7. The fourth-order valence-electron chi connectivity index (χ4n) is 4.43. The second kappa shape index (κ2) is 22.9. The van der Waals surface area contributed by atoms with Gasteiger partial charge in [0.1, 0.15) is 5.75 Å². The first-order valence-corrected chi connectivity index (χ1v) is 14.1. The number of ether oxygens (including phenoxy) is 1. The van der Waals surface area contributed by atoms with Crippen LogP contribution >= 0.6 is 0 Å². The van der Waals surface area contributed by atoms with E-state index >= 15 is 0 Å². The number of rotatable bonds is 24. The highest BCUT2D eigenvalue weighted by Crippen LogP contribution is 2.17. The summed E-state index contributed by atoms with van der Waals surface area (Å²) < 4.78 is 5.74. The summed E-state index contributed by atoms with van der Waals surface area (Å²) in [7, 11) is 0. The number of hydrogen-bond donors (Lipinski definition) is 0. The Balaban J connectivity index is 1.72. The van der Waals surface area contributed by atoms with Gasteiger partial charge in [0.05, 0.1) is 12.2 Å². The molecule has 1 rings (SSSR count). The van der Waals surface area contributed by atoms with Crippen molar-refractivity contribution in [2.24, 2.45) is 0 Å². The molecule has 0 aliphatic rings. The first-order chi connectivity index (χ1) is 15.9. The van der Waals surface area contributed by atoms with Gasteiger partial charge in [-0.2, -0.15) is 0 Å². The zero-order valence-corrected chi connectivity index (χ0v) is 21.3. The lowest BCUT2D eigenvalue weighted by Gasteiger charge is -2.08. The van der Waals surface area contributed by atoms with E-state index in [1.807, 2.05) is 18.2 Å². The van der Waals surface area contributed by atoms with E-state index in [0.717, 1.165) is 18.5 Å². The monoisotopic (exact) mass is 444 g/mol. The van der Waals surface area contributed by atoms with Gasteiger partial charge in [-0.15, -0.1) is 0 Å². The summed E-state index contributed by atoms with van der Waals surface area (Å²) >= 11 is 0. The summed E-state index contributed by atoms with van der Waals surface area (Å²) in [6.07, 6.45) is 30.3. The lowest BCUT2D eigenvalue weighted by Crippen LogP contribution is -1.99. The van der Waals surface area contributed by atoms with Crippen LogP contribution in [0, 0.1) is 0 Å². The molecule has 0 saturated heterocycles. The molecule has 0 heterocycles. The molecule has 0 bridgehead atoms. The first-order valence-electron chi connectivity index (χ1n) is 14.1. The Morgan fingerprint density at radius 2 is 0.938 bits per heavy atom. The molecule has 0 saturated carbocycles. The Morgan fingerprint density at radius 1 is 0.562 bits per heavy atom. The van der Waals surface area contributed by atoms with Crippen LogP contribution in [-0.2, 0) is 0 Å². The Morgan fingerprint density at radius 3 is 1.34 bits per heavy atom. The standard InChI is InChI=1S/C30H52O2/c1-2-3-4-5-6-7-8-9-10-11-12-13-14-15-16-17-18-19-20-21-24-27-32-30-26-23-22-25-29(30)28-31/h22-23,25-26,28H,2-21,24,27H2,1H3. The minimum atomic E-state index is 0.649. The van der Waals surface area contributed by atoms with Crippen molar-refractivity contribution in [3.8, 4) is 5.75 Å². The number of hydrogen-bond acceptors (Lipinski definition) is 2. The topological polar surface area (TPSA) is 26.3 Å². The number of carbonyl (C=O) groups excluding carboxylic acids is 1. The van der Waals surface area contributed by atoms with Crippen molar-refractivity contribution in [1.29, 1.82) is 0 Å². The molecule has 0 fully saturated rings. The van der Waals surface area contributed by atoms with Crippen molar-refractivity contribution in [2.75, 3.05) is 6.61 Å². The van der Waals surface area contributed by atoms with Gasteiger partial charge in [0.15, 0.2) is 6.29 Å². The lowest BCUT2D eigenvalue weighted by atomic mass is 10.0. The highest BCUT2D eigenvalue weighted by atomic mass is 16.5. The van der Waals surface area contributed by atoms with Crippen molar-refractivity contribution in [3.63, 3.8) is 0 Å². The molecule has 1 aromatic carbocycles. The van der Waals surface area contributed by atoms with E-state index in [0.29, 0.717) is 12.2 Å². The normalized spacial score (nSPS) is 11.0. The number of benzene rings is 1. The van der Waals surface area contributed by atoms with E-state index in [1.165, 1.54) is 128 Å². The van der Waals surface area contributed by atoms with Crippen LogP contribution < -0.4 is 4.74 Å². The van der Waals surface area contributed by atoms with Crippen molar-refractivity contribution < 1.29 is 9.53 Å². The molecule has 1 aromatic rings. The largest absolute Gasteiger partial charge is 0.493 e. The molecular weight excluding hydrogens is 392 g/mol. The zero-order chi connectivity index (χ0) is 23.0. The minimum Gasteiger partial charge on any atom is -0.493 e. The smallest absolute Gasteiger partial charge is 0.153 e. The molecule has 0 unspecified atom stereocenters. The second-order valence-electron chi connectivity index (χ2n) is 9.58. The average molecular weight is 445 g/mol. The van der Waals surface area contributed by atoms with E-state index in [1.54, 1.807) is 6.07 Å². The number of para-hydroxylation sites is 1. The molecule has 0 atom stereocenters. The van der Waals surface area contributed by atoms with Crippen LogP contribution in [-0.4, -0.2) is 12.9 Å². The van der Waals surface area contributed by atoms with Crippen LogP contribution in [0.4, 0.5) is 0 Å². The van der Waals surface area contributed by atoms with E-state index in [-0.39, 0.29) is 0 Å². The quantitative estimate of drug-likeness (QED) is 0.117. The summed E-state index contributed by atoms with van der Waals surface area (Å²) in [4.78, 5) is 11.0. The highest BCUT2D eigenvalue weighted by Gasteiger charge is 2.01. The van der Waals surface area contributed by atoms with Gasteiger partial charge in [-0.05, 0) is 18.6 Å². The number of carbonyl (C=O) groups is 1. The molecular formula is C30H52O2. The van der Waals surface area contributed by atoms with Crippen molar-refractivity contribution in [2.45, 2.75) is 142 Å². The molecule has 2 nitrogen and oxygen atoms in total. The third kappa shape index (κ3) is 17.3. The molecule has 0 spiro atoms. The molecule has 2 heteroatoms. The predicted molar refractivity (Wildman–Crippen MR) is 140 cm³/mol. The number of unbranched alkanes of at least 4 members (excludes halogenated alkanes) is 20. The van der Waals surface area contributed by atoms with Crippen LogP contribution in [0.25, 0.3) is 0 Å². The van der Waals surface area contributed by atoms with Gasteiger partial charge in [-0.25, -0.2) is 0 Å². The van der Waals surface area contributed by atoms with Crippen molar-refractivity contribution in [1.82, 2.24) is 0 Å². The summed E-state index contributed by atoms with van der Waals surface area (Å²) in [5.41, 5.74) is 0.649. The van der Waals surface area contributed by atoms with Crippen LogP contribution in [0.3, 0.4) is 0 Å². The lowest BCUT2D eigenvalue weighted by molar-refractivity contribution is 0.111. The third-order valence-corrected chi connectivity index (χ3v) is 6.55. The van der Waals surface area contributed by atoms with Gasteiger partial charge in [0.2, 0.25) is 0 Å².